The minimum atomic E-state index is 0.209. The quantitative estimate of drug-likeness (QED) is 0.840. The van der Waals surface area contributed by atoms with Crippen LogP contribution in [0.2, 0.25) is 0 Å². The van der Waals surface area contributed by atoms with Gasteiger partial charge >= 0.3 is 0 Å². The summed E-state index contributed by atoms with van der Waals surface area (Å²) in [5.74, 6) is 0. The van der Waals surface area contributed by atoms with Gasteiger partial charge < -0.3 is 11.1 Å². The molecule has 0 unspecified atom stereocenters. The Labute approximate surface area is 110 Å². The number of anilines is 1. The van der Waals surface area contributed by atoms with E-state index in [2.05, 4.69) is 28.2 Å². The topological polar surface area (TPSA) is 38.0 Å². The molecule has 0 bridgehead atoms. The van der Waals surface area contributed by atoms with Crippen LogP contribution in [0.4, 0.5) is 5.69 Å². The number of hydrogen-bond acceptors (Lipinski definition) is 2. The molecule has 0 heterocycles. The molecule has 2 nitrogen and oxygen atoms in total. The van der Waals surface area contributed by atoms with Gasteiger partial charge in [-0.15, -0.1) is 0 Å². The second-order valence-electron chi connectivity index (χ2n) is 4.59. The second-order valence-corrected chi connectivity index (χ2v) is 5.95. The fraction of sp³-hybridized carbons (Fsp3) is 0.417. The Morgan fingerprint density at radius 2 is 2.19 bits per heavy atom. The molecule has 1 fully saturated rings. The average molecular weight is 299 g/mol. The van der Waals surface area contributed by atoms with Crippen LogP contribution in [0.25, 0.3) is 0 Å². The third kappa shape index (κ3) is 2.38. The van der Waals surface area contributed by atoms with Crippen molar-refractivity contribution < 1.29 is 0 Å². The van der Waals surface area contributed by atoms with Crippen LogP contribution >= 0.6 is 28.1 Å². The fourth-order valence-electron chi connectivity index (χ4n) is 1.99. The third-order valence-corrected chi connectivity index (χ3v) is 3.85. The highest BCUT2D eigenvalue weighted by Gasteiger charge is 2.32. The second kappa shape index (κ2) is 4.34. The standard InChI is InChI=1S/C12H15BrN2S/c1-12(5-2-6-12)15-10-7-8(13)3-4-9(10)11(14)16/h3-4,7,15H,2,5-6H2,1H3,(H2,14,16). The Kier molecular flexibility index (Phi) is 3.22. The molecule has 0 spiro atoms. The average Bonchev–Trinajstić information content (AvgIpc) is 2.15. The largest absolute Gasteiger partial charge is 0.389 e. The number of nitrogens with one attached hydrogen (secondary N) is 1. The summed E-state index contributed by atoms with van der Waals surface area (Å²) in [6.07, 6.45) is 3.70. The highest BCUT2D eigenvalue weighted by atomic mass is 79.9. The van der Waals surface area contributed by atoms with Crippen LogP contribution in [-0.2, 0) is 0 Å². The highest BCUT2D eigenvalue weighted by molar-refractivity contribution is 9.10. The molecule has 2 rings (SSSR count). The van der Waals surface area contributed by atoms with E-state index in [0.717, 1.165) is 15.7 Å². The Morgan fingerprint density at radius 1 is 1.50 bits per heavy atom. The van der Waals surface area contributed by atoms with Crippen molar-refractivity contribution in [1.29, 1.82) is 0 Å². The van der Waals surface area contributed by atoms with Gasteiger partial charge in [-0.1, -0.05) is 28.1 Å². The predicted octanol–water partition coefficient (Wildman–Crippen LogP) is 3.44. The van der Waals surface area contributed by atoms with E-state index >= 15 is 0 Å². The Hall–Kier alpha value is -0.610. The summed E-state index contributed by atoms with van der Waals surface area (Å²) in [7, 11) is 0. The predicted molar refractivity (Wildman–Crippen MR) is 75.9 cm³/mol. The zero-order valence-corrected chi connectivity index (χ0v) is 11.6. The summed E-state index contributed by atoms with van der Waals surface area (Å²) in [4.78, 5) is 0.443. The lowest BCUT2D eigenvalue weighted by Gasteiger charge is -2.40. The van der Waals surface area contributed by atoms with Gasteiger partial charge in [0.25, 0.3) is 0 Å². The molecule has 0 atom stereocenters. The maximum atomic E-state index is 5.72. The van der Waals surface area contributed by atoms with Crippen LogP contribution in [0.1, 0.15) is 31.7 Å². The summed E-state index contributed by atoms with van der Waals surface area (Å²) in [5.41, 5.74) is 7.88. The molecule has 1 aromatic carbocycles. The van der Waals surface area contributed by atoms with Crippen LogP contribution in [0.3, 0.4) is 0 Å². The lowest BCUT2D eigenvalue weighted by molar-refractivity contribution is 0.306. The summed E-state index contributed by atoms with van der Waals surface area (Å²) in [5, 5.41) is 3.55. The van der Waals surface area contributed by atoms with E-state index in [1.165, 1.54) is 19.3 Å². The summed E-state index contributed by atoms with van der Waals surface area (Å²) in [6, 6.07) is 5.96. The molecular weight excluding hydrogens is 284 g/mol. The molecule has 0 aromatic heterocycles. The van der Waals surface area contributed by atoms with Crippen molar-refractivity contribution in [2.45, 2.75) is 31.7 Å². The van der Waals surface area contributed by atoms with Gasteiger partial charge in [0.15, 0.2) is 0 Å². The zero-order chi connectivity index (χ0) is 11.8. The molecule has 3 N–H and O–H groups in total. The van der Waals surface area contributed by atoms with Crippen LogP contribution < -0.4 is 11.1 Å². The van der Waals surface area contributed by atoms with Crippen LogP contribution in [-0.4, -0.2) is 10.5 Å². The first kappa shape index (κ1) is 11.9. The van der Waals surface area contributed by atoms with E-state index in [1.807, 2.05) is 18.2 Å². The van der Waals surface area contributed by atoms with Gasteiger partial charge in [0, 0.05) is 21.3 Å². The number of thiocarbonyl (C=S) groups is 1. The first-order valence-electron chi connectivity index (χ1n) is 5.38. The monoisotopic (exact) mass is 298 g/mol. The smallest absolute Gasteiger partial charge is 0.106 e. The lowest BCUT2D eigenvalue weighted by Crippen LogP contribution is -2.42. The summed E-state index contributed by atoms with van der Waals surface area (Å²) < 4.78 is 1.04. The third-order valence-electron chi connectivity index (χ3n) is 3.14. The molecule has 0 radical (unpaired) electrons. The normalized spacial score (nSPS) is 17.6. The SMILES string of the molecule is CC1(Nc2cc(Br)ccc2C(N)=S)CCC1. The van der Waals surface area contributed by atoms with Crippen molar-refractivity contribution in [2.75, 3.05) is 5.32 Å². The van der Waals surface area contributed by atoms with E-state index < -0.39 is 0 Å². The molecule has 1 saturated carbocycles. The van der Waals surface area contributed by atoms with Crippen LogP contribution in [0, 0.1) is 0 Å². The van der Waals surface area contributed by atoms with Crippen molar-refractivity contribution in [3.05, 3.63) is 28.2 Å². The molecule has 1 aliphatic carbocycles. The molecule has 0 aliphatic heterocycles. The van der Waals surface area contributed by atoms with Crippen molar-refractivity contribution >= 4 is 38.8 Å². The summed E-state index contributed by atoms with van der Waals surface area (Å²) >= 11 is 8.53. The van der Waals surface area contributed by atoms with E-state index in [-0.39, 0.29) is 5.54 Å². The maximum Gasteiger partial charge on any atom is 0.106 e. The minimum Gasteiger partial charge on any atom is -0.389 e. The fourth-order valence-corrected chi connectivity index (χ4v) is 2.53. The lowest BCUT2D eigenvalue weighted by atomic mass is 9.78. The number of halogens is 1. The van der Waals surface area contributed by atoms with Crippen molar-refractivity contribution in [3.63, 3.8) is 0 Å². The minimum absolute atomic E-state index is 0.209. The molecule has 0 amide bonds. The molecule has 86 valence electrons. The van der Waals surface area contributed by atoms with Crippen molar-refractivity contribution in [3.8, 4) is 0 Å². The van der Waals surface area contributed by atoms with Crippen LogP contribution in [0.15, 0.2) is 22.7 Å². The van der Waals surface area contributed by atoms with Crippen molar-refractivity contribution in [2.24, 2.45) is 5.73 Å². The van der Waals surface area contributed by atoms with Gasteiger partial charge in [-0.25, -0.2) is 0 Å². The molecule has 1 aliphatic rings. The number of hydrogen-bond donors (Lipinski definition) is 2. The van der Waals surface area contributed by atoms with Gasteiger partial charge in [-0.3, -0.25) is 0 Å². The van der Waals surface area contributed by atoms with Gasteiger partial charge in [-0.05, 0) is 44.4 Å². The maximum absolute atomic E-state index is 5.72. The Bertz CT molecular complexity index is 427. The molecule has 16 heavy (non-hydrogen) atoms. The van der Waals surface area contributed by atoms with Crippen molar-refractivity contribution in [1.82, 2.24) is 0 Å². The van der Waals surface area contributed by atoms with Gasteiger partial charge in [-0.2, -0.15) is 0 Å². The molecule has 1 aromatic rings. The first-order chi connectivity index (χ1) is 7.50. The number of benzene rings is 1. The number of nitrogens with two attached hydrogens (primary N) is 1. The first-order valence-corrected chi connectivity index (χ1v) is 6.58. The van der Waals surface area contributed by atoms with Gasteiger partial charge in [0.05, 0.1) is 0 Å². The number of rotatable bonds is 3. The molecular formula is C12H15BrN2S. The van der Waals surface area contributed by atoms with E-state index in [1.54, 1.807) is 0 Å². The van der Waals surface area contributed by atoms with E-state index in [9.17, 15) is 0 Å². The van der Waals surface area contributed by atoms with E-state index in [0.29, 0.717) is 4.99 Å². The zero-order valence-electron chi connectivity index (χ0n) is 9.22. The Morgan fingerprint density at radius 3 is 2.69 bits per heavy atom. The van der Waals surface area contributed by atoms with Gasteiger partial charge in [0.2, 0.25) is 0 Å². The van der Waals surface area contributed by atoms with E-state index in [4.69, 9.17) is 18.0 Å². The van der Waals surface area contributed by atoms with Gasteiger partial charge in [0.1, 0.15) is 4.99 Å². The van der Waals surface area contributed by atoms with Crippen LogP contribution in [0.5, 0.6) is 0 Å². The summed E-state index contributed by atoms with van der Waals surface area (Å²) in [6.45, 7) is 2.24. The molecule has 4 heteroatoms. The Balaban J connectivity index is 2.30. The highest BCUT2D eigenvalue weighted by Crippen LogP contribution is 2.36. The molecule has 0 saturated heterocycles.